The molecular formula is C11H24N5O4P. The summed E-state index contributed by atoms with van der Waals surface area (Å²) in [6, 6.07) is -1.88. The topological polar surface area (TPSA) is 151 Å². The molecule has 1 aliphatic heterocycles. The van der Waals surface area contributed by atoms with E-state index in [1.807, 2.05) is 6.92 Å². The molecule has 0 bridgehead atoms. The molecule has 0 saturated carbocycles. The lowest BCUT2D eigenvalue weighted by Crippen LogP contribution is -2.53. The Morgan fingerprint density at radius 2 is 2.29 bits per heavy atom. The summed E-state index contributed by atoms with van der Waals surface area (Å²) in [6.07, 6.45) is 1.82. The fourth-order valence-corrected chi connectivity index (χ4v) is 3.69. The second-order valence-corrected chi connectivity index (χ2v) is 6.98. The lowest BCUT2D eigenvalue weighted by molar-refractivity contribution is -0.130. The largest absolute Gasteiger partial charge is 0.394 e. The van der Waals surface area contributed by atoms with Crippen molar-refractivity contribution in [3.63, 3.8) is 0 Å². The molecule has 1 fully saturated rings. The number of hydrogen-bond donors (Lipinski definition) is 5. The van der Waals surface area contributed by atoms with Crippen LogP contribution in [0.3, 0.4) is 0 Å². The highest BCUT2D eigenvalue weighted by molar-refractivity contribution is 7.57. The molecular weight excluding hydrogens is 297 g/mol. The summed E-state index contributed by atoms with van der Waals surface area (Å²) in [6.45, 7) is 1.94. The Morgan fingerprint density at radius 3 is 2.86 bits per heavy atom. The third kappa shape index (κ3) is 4.76. The molecule has 2 unspecified atom stereocenters. The zero-order valence-electron chi connectivity index (χ0n) is 12.1. The van der Waals surface area contributed by atoms with Gasteiger partial charge in [-0.05, 0) is 19.3 Å². The fraction of sp³-hybridized carbons (Fsp3) is 0.818. The number of carbonyl (C=O) groups is 2. The molecule has 0 aromatic carbocycles. The first-order valence-corrected chi connectivity index (χ1v) is 8.68. The molecule has 0 aliphatic carbocycles. The van der Waals surface area contributed by atoms with Gasteiger partial charge in [0.1, 0.15) is 6.04 Å². The van der Waals surface area contributed by atoms with Crippen LogP contribution in [0, 0.1) is 0 Å². The Hall–Kier alpha value is -0.990. The molecule has 21 heavy (non-hydrogen) atoms. The number of nitrogens with one attached hydrogen (secondary N) is 2. The number of amides is 2. The highest BCUT2D eigenvalue weighted by Crippen LogP contribution is 2.39. The van der Waals surface area contributed by atoms with E-state index in [2.05, 4.69) is 10.4 Å². The quantitative estimate of drug-likeness (QED) is 0.357. The molecule has 1 aliphatic rings. The first-order chi connectivity index (χ1) is 9.83. The van der Waals surface area contributed by atoms with Crippen molar-refractivity contribution in [1.29, 1.82) is 0 Å². The number of rotatable bonds is 7. The summed E-state index contributed by atoms with van der Waals surface area (Å²) in [4.78, 5) is 23.7. The monoisotopic (exact) mass is 321 g/mol. The maximum atomic E-state index is 12.5. The third-order valence-corrected chi connectivity index (χ3v) is 5.00. The van der Waals surface area contributed by atoms with Crippen molar-refractivity contribution in [2.24, 2.45) is 11.2 Å². The Labute approximate surface area is 123 Å². The number of nitrogens with two attached hydrogens (primary N) is 2. The Balaban J connectivity index is 2.74. The predicted molar refractivity (Wildman–Crippen MR) is 78.0 cm³/mol. The van der Waals surface area contributed by atoms with E-state index < -0.39 is 38.1 Å². The Kier molecular flexibility index (Phi) is 6.76. The molecule has 122 valence electrons. The lowest BCUT2D eigenvalue weighted by Gasteiger charge is -2.35. The van der Waals surface area contributed by atoms with Gasteiger partial charge in [-0.1, -0.05) is 6.92 Å². The van der Waals surface area contributed by atoms with Crippen molar-refractivity contribution in [2.75, 3.05) is 19.7 Å². The van der Waals surface area contributed by atoms with Gasteiger partial charge in [-0.2, -0.15) is 0 Å². The van der Waals surface area contributed by atoms with E-state index in [1.165, 1.54) is 0 Å². The number of nitrogens with zero attached hydrogens (tertiary/aromatic N) is 1. The first kappa shape index (κ1) is 18.1. The maximum absolute atomic E-state index is 12.5. The average molecular weight is 321 g/mol. The minimum Gasteiger partial charge on any atom is -0.394 e. The van der Waals surface area contributed by atoms with Crippen LogP contribution in [0.2, 0.25) is 0 Å². The maximum Gasteiger partial charge on any atom is 0.306 e. The van der Waals surface area contributed by atoms with Crippen LogP contribution in [0.25, 0.3) is 0 Å². The van der Waals surface area contributed by atoms with Gasteiger partial charge in [-0.25, -0.2) is 5.09 Å². The first-order valence-electron chi connectivity index (χ1n) is 6.96. The minimum absolute atomic E-state index is 0.210. The van der Waals surface area contributed by atoms with E-state index in [4.69, 9.17) is 11.2 Å². The van der Waals surface area contributed by atoms with Crippen LogP contribution in [0.5, 0.6) is 0 Å². The molecule has 7 N–H and O–H groups in total. The van der Waals surface area contributed by atoms with Crippen LogP contribution in [-0.2, 0) is 14.2 Å². The van der Waals surface area contributed by atoms with Crippen LogP contribution in [0.1, 0.15) is 26.2 Å². The number of aliphatic hydroxyl groups is 1. The van der Waals surface area contributed by atoms with Crippen molar-refractivity contribution in [2.45, 2.75) is 38.3 Å². The van der Waals surface area contributed by atoms with Gasteiger partial charge in [0, 0.05) is 13.1 Å². The highest BCUT2D eigenvalue weighted by atomic mass is 31.2. The zero-order valence-corrected chi connectivity index (χ0v) is 13.0. The zero-order chi connectivity index (χ0) is 16.0. The third-order valence-electron chi connectivity index (χ3n) is 3.20. The van der Waals surface area contributed by atoms with E-state index in [9.17, 15) is 19.3 Å². The van der Waals surface area contributed by atoms with Gasteiger partial charge in [-0.3, -0.25) is 24.3 Å². The van der Waals surface area contributed by atoms with Gasteiger partial charge >= 0.3 is 7.59 Å². The molecule has 9 nitrogen and oxygen atoms in total. The molecule has 2 amide bonds. The Morgan fingerprint density at radius 1 is 1.62 bits per heavy atom. The standard InChI is InChI=1S/C11H24N5O4P/c1-2-5-14-10(18)9(7-17)15-21(13,20)16-6-3-4-8(12)11(16)19/h8-9,17H,2-7,12H2,1H3,(H,14,18)(H3,13,15,20)/t8-,9?,21?/m0/s1. The highest BCUT2D eigenvalue weighted by Gasteiger charge is 2.38. The molecule has 3 atom stereocenters. The number of carbonyl (C=O) groups excluding carboxylic acids is 2. The van der Waals surface area contributed by atoms with Gasteiger partial charge in [0.25, 0.3) is 0 Å². The van der Waals surface area contributed by atoms with E-state index in [0.29, 0.717) is 19.4 Å². The molecule has 0 spiro atoms. The molecule has 10 heteroatoms. The van der Waals surface area contributed by atoms with Crippen LogP contribution < -0.4 is 21.6 Å². The lowest BCUT2D eigenvalue weighted by atomic mass is 10.1. The van der Waals surface area contributed by atoms with E-state index in [-0.39, 0.29) is 6.54 Å². The van der Waals surface area contributed by atoms with Gasteiger partial charge in [0.15, 0.2) is 0 Å². The summed E-state index contributed by atoms with van der Waals surface area (Å²) in [7, 11) is -3.79. The Bertz CT molecular complexity index is 433. The minimum atomic E-state index is -3.79. The van der Waals surface area contributed by atoms with Crippen molar-refractivity contribution in [1.82, 2.24) is 15.1 Å². The van der Waals surface area contributed by atoms with E-state index in [0.717, 1.165) is 11.1 Å². The van der Waals surface area contributed by atoms with Crippen LogP contribution in [0.15, 0.2) is 0 Å². The normalized spacial score (nSPS) is 23.5. The van der Waals surface area contributed by atoms with Gasteiger partial charge < -0.3 is 16.2 Å². The average Bonchev–Trinajstić information content (AvgIpc) is 2.44. The predicted octanol–water partition coefficient (Wildman–Crippen LogP) is -1.52. The van der Waals surface area contributed by atoms with E-state index in [1.54, 1.807) is 0 Å². The number of hydrogen-bond acceptors (Lipinski definition) is 5. The fourth-order valence-electron chi connectivity index (χ4n) is 2.03. The van der Waals surface area contributed by atoms with Crippen LogP contribution >= 0.6 is 7.59 Å². The van der Waals surface area contributed by atoms with Gasteiger partial charge in [0.2, 0.25) is 11.8 Å². The number of aliphatic hydroxyl groups excluding tert-OH is 1. The summed E-state index contributed by atoms with van der Waals surface area (Å²) in [5, 5.41) is 14.2. The van der Waals surface area contributed by atoms with Gasteiger partial charge in [0.05, 0.1) is 12.6 Å². The molecule has 0 radical (unpaired) electrons. The molecule has 0 aromatic heterocycles. The second kappa shape index (κ2) is 7.86. The van der Waals surface area contributed by atoms with Crippen molar-refractivity contribution in [3.05, 3.63) is 0 Å². The summed E-state index contributed by atoms with van der Waals surface area (Å²) < 4.78 is 13.5. The van der Waals surface area contributed by atoms with Crippen LogP contribution in [0.4, 0.5) is 0 Å². The van der Waals surface area contributed by atoms with Crippen LogP contribution in [-0.4, -0.2) is 53.4 Å². The molecule has 1 rings (SSSR count). The molecule has 1 heterocycles. The summed E-state index contributed by atoms with van der Waals surface area (Å²) in [5.41, 5.74) is 11.3. The van der Waals surface area contributed by atoms with Crippen molar-refractivity contribution in [3.8, 4) is 0 Å². The second-order valence-electron chi connectivity index (χ2n) is 4.99. The summed E-state index contributed by atoms with van der Waals surface area (Å²) in [5.74, 6) is -1.02. The smallest absolute Gasteiger partial charge is 0.306 e. The number of piperidine rings is 1. The van der Waals surface area contributed by atoms with Gasteiger partial charge in [-0.15, -0.1) is 0 Å². The molecule has 1 saturated heterocycles. The SMILES string of the molecule is CCCNC(=O)C(CO)NP(N)(=O)N1CCC[C@H](N)C1=O. The summed E-state index contributed by atoms with van der Waals surface area (Å²) >= 11 is 0. The van der Waals surface area contributed by atoms with E-state index >= 15 is 0 Å². The molecule has 0 aromatic rings. The van der Waals surface area contributed by atoms with Crippen molar-refractivity contribution >= 4 is 19.4 Å². The van der Waals surface area contributed by atoms with Crippen molar-refractivity contribution < 1.29 is 19.3 Å².